The number of nitrogens with one attached hydrogen (secondary N) is 2. The lowest BCUT2D eigenvalue weighted by Crippen LogP contribution is -2.19. The van der Waals surface area contributed by atoms with Crippen LogP contribution < -0.4 is 10.9 Å². The van der Waals surface area contributed by atoms with Crippen molar-refractivity contribution in [1.82, 2.24) is 15.3 Å². The fourth-order valence-electron chi connectivity index (χ4n) is 2.10. The van der Waals surface area contributed by atoms with Gasteiger partial charge in [0.05, 0.1) is 17.4 Å². The van der Waals surface area contributed by atoms with Crippen LogP contribution in [0.3, 0.4) is 0 Å². The van der Waals surface area contributed by atoms with E-state index in [1.54, 1.807) is 17.4 Å². The quantitative estimate of drug-likeness (QED) is 0.774. The summed E-state index contributed by atoms with van der Waals surface area (Å²) in [6, 6.07) is 9.49. The van der Waals surface area contributed by atoms with Crippen LogP contribution >= 0.6 is 11.3 Å². The summed E-state index contributed by atoms with van der Waals surface area (Å²) in [5.41, 5.74) is 1.95. The molecule has 0 radical (unpaired) electrons. The zero-order valence-electron chi connectivity index (χ0n) is 11.1. The number of rotatable bonds is 4. The van der Waals surface area contributed by atoms with Crippen LogP contribution in [-0.4, -0.2) is 9.97 Å². The number of fused-ring (bicyclic) bond motifs is 1. The third-order valence-electron chi connectivity index (χ3n) is 3.21. The molecule has 0 aliphatic rings. The van der Waals surface area contributed by atoms with E-state index in [0.29, 0.717) is 17.8 Å². The van der Waals surface area contributed by atoms with Gasteiger partial charge in [0.1, 0.15) is 5.82 Å². The highest BCUT2D eigenvalue weighted by atomic mass is 32.1. The van der Waals surface area contributed by atoms with E-state index < -0.39 is 0 Å². The molecular formula is C15H15N3OS. The predicted molar refractivity (Wildman–Crippen MR) is 82.0 cm³/mol. The number of para-hydroxylation sites is 1. The highest BCUT2D eigenvalue weighted by molar-refractivity contribution is 7.10. The standard InChI is InChI=1S/C15H15N3OS/c1-10-6-7-20-13(10)8-16-9-14-17-12-5-3-2-4-11(12)15(19)18-14/h2-7,16H,8-9H2,1H3,(H,17,18,19). The number of aromatic nitrogens is 2. The minimum Gasteiger partial charge on any atom is -0.309 e. The first-order valence-electron chi connectivity index (χ1n) is 6.45. The van der Waals surface area contributed by atoms with Gasteiger partial charge in [0.15, 0.2) is 0 Å². The van der Waals surface area contributed by atoms with E-state index in [4.69, 9.17) is 0 Å². The first-order chi connectivity index (χ1) is 9.74. The number of thiophene rings is 1. The number of aryl methyl sites for hydroxylation is 1. The fraction of sp³-hybridized carbons (Fsp3) is 0.200. The van der Waals surface area contributed by atoms with Crippen LogP contribution in [0.15, 0.2) is 40.5 Å². The zero-order valence-corrected chi connectivity index (χ0v) is 12.0. The number of hydrogen-bond acceptors (Lipinski definition) is 4. The van der Waals surface area contributed by atoms with E-state index >= 15 is 0 Å². The van der Waals surface area contributed by atoms with Crippen LogP contribution in [-0.2, 0) is 13.1 Å². The summed E-state index contributed by atoms with van der Waals surface area (Å²) >= 11 is 1.74. The van der Waals surface area contributed by atoms with Crippen LogP contribution in [0, 0.1) is 6.92 Å². The Morgan fingerprint density at radius 2 is 2.10 bits per heavy atom. The second-order valence-corrected chi connectivity index (χ2v) is 5.66. The van der Waals surface area contributed by atoms with Gasteiger partial charge >= 0.3 is 0 Å². The monoisotopic (exact) mass is 285 g/mol. The number of benzene rings is 1. The molecule has 0 aliphatic heterocycles. The summed E-state index contributed by atoms with van der Waals surface area (Å²) in [5, 5.41) is 6.03. The molecule has 0 atom stereocenters. The Labute approximate surface area is 120 Å². The molecule has 20 heavy (non-hydrogen) atoms. The van der Waals surface area contributed by atoms with Crippen molar-refractivity contribution in [2.75, 3.05) is 0 Å². The van der Waals surface area contributed by atoms with Crippen LogP contribution in [0.2, 0.25) is 0 Å². The average Bonchev–Trinajstić information content (AvgIpc) is 2.85. The first-order valence-corrected chi connectivity index (χ1v) is 7.33. The molecule has 0 saturated heterocycles. The van der Waals surface area contributed by atoms with Crippen molar-refractivity contribution in [2.24, 2.45) is 0 Å². The maximum absolute atomic E-state index is 11.9. The topological polar surface area (TPSA) is 57.8 Å². The Kier molecular flexibility index (Phi) is 3.62. The van der Waals surface area contributed by atoms with E-state index in [9.17, 15) is 4.79 Å². The molecule has 102 valence electrons. The van der Waals surface area contributed by atoms with Gasteiger partial charge in [-0.1, -0.05) is 12.1 Å². The lowest BCUT2D eigenvalue weighted by atomic mass is 10.2. The molecule has 0 unspecified atom stereocenters. The maximum atomic E-state index is 11.9. The van der Waals surface area contributed by atoms with Gasteiger partial charge in [-0.3, -0.25) is 4.79 Å². The third-order valence-corrected chi connectivity index (χ3v) is 4.23. The molecule has 3 rings (SSSR count). The molecule has 0 spiro atoms. The molecule has 5 heteroatoms. The summed E-state index contributed by atoms with van der Waals surface area (Å²) in [7, 11) is 0. The Morgan fingerprint density at radius 1 is 1.25 bits per heavy atom. The van der Waals surface area contributed by atoms with Crippen molar-refractivity contribution in [2.45, 2.75) is 20.0 Å². The molecule has 2 aromatic heterocycles. The highest BCUT2D eigenvalue weighted by Gasteiger charge is 2.04. The lowest BCUT2D eigenvalue weighted by Gasteiger charge is -2.05. The van der Waals surface area contributed by atoms with E-state index in [1.165, 1.54) is 10.4 Å². The first kappa shape index (κ1) is 13.0. The molecule has 0 bridgehead atoms. The Morgan fingerprint density at radius 3 is 2.90 bits per heavy atom. The molecule has 4 nitrogen and oxygen atoms in total. The molecular weight excluding hydrogens is 270 g/mol. The van der Waals surface area contributed by atoms with Crippen molar-refractivity contribution < 1.29 is 0 Å². The Bertz CT molecular complexity index is 791. The summed E-state index contributed by atoms with van der Waals surface area (Å²) < 4.78 is 0. The normalized spacial score (nSPS) is 11.1. The van der Waals surface area contributed by atoms with Gasteiger partial charge < -0.3 is 10.3 Å². The van der Waals surface area contributed by atoms with Gasteiger partial charge in [0.2, 0.25) is 0 Å². The SMILES string of the molecule is Cc1ccsc1CNCc1nc2ccccc2c(=O)[nH]1. The van der Waals surface area contributed by atoms with Crippen molar-refractivity contribution in [1.29, 1.82) is 0 Å². The van der Waals surface area contributed by atoms with Gasteiger partial charge in [-0.15, -0.1) is 11.3 Å². The smallest absolute Gasteiger partial charge is 0.258 e. The largest absolute Gasteiger partial charge is 0.309 e. The van der Waals surface area contributed by atoms with Crippen molar-refractivity contribution in [3.63, 3.8) is 0 Å². The maximum Gasteiger partial charge on any atom is 0.258 e. The van der Waals surface area contributed by atoms with Gasteiger partial charge in [0.25, 0.3) is 5.56 Å². The van der Waals surface area contributed by atoms with E-state index in [2.05, 4.69) is 33.7 Å². The van der Waals surface area contributed by atoms with E-state index in [-0.39, 0.29) is 5.56 Å². The molecule has 2 heterocycles. The number of aromatic amines is 1. The van der Waals surface area contributed by atoms with Crippen molar-refractivity contribution >= 4 is 22.2 Å². The highest BCUT2D eigenvalue weighted by Crippen LogP contribution is 2.14. The summed E-state index contributed by atoms with van der Waals surface area (Å²) in [5.74, 6) is 0.669. The minimum absolute atomic E-state index is 0.0836. The predicted octanol–water partition coefficient (Wildman–Crippen LogP) is 2.58. The second-order valence-electron chi connectivity index (χ2n) is 4.66. The molecule has 2 N–H and O–H groups in total. The summed E-state index contributed by atoms with van der Waals surface area (Å²) in [4.78, 5) is 20.5. The second kappa shape index (κ2) is 5.56. The van der Waals surface area contributed by atoms with Gasteiger partial charge in [-0.2, -0.15) is 0 Å². The van der Waals surface area contributed by atoms with Crippen LogP contribution in [0.5, 0.6) is 0 Å². The van der Waals surface area contributed by atoms with Crippen molar-refractivity contribution in [3.05, 3.63) is 62.3 Å². The van der Waals surface area contributed by atoms with E-state index in [0.717, 1.165) is 12.1 Å². The fourth-order valence-corrected chi connectivity index (χ4v) is 2.97. The number of H-pyrrole nitrogens is 1. The van der Waals surface area contributed by atoms with Crippen LogP contribution in [0.4, 0.5) is 0 Å². The minimum atomic E-state index is -0.0836. The van der Waals surface area contributed by atoms with Gasteiger partial charge in [0, 0.05) is 11.4 Å². The Hall–Kier alpha value is -1.98. The lowest BCUT2D eigenvalue weighted by molar-refractivity contribution is 0.667. The molecule has 0 fully saturated rings. The molecule has 0 aliphatic carbocycles. The zero-order chi connectivity index (χ0) is 13.9. The molecule has 1 aromatic carbocycles. The number of hydrogen-bond donors (Lipinski definition) is 2. The molecule has 0 amide bonds. The van der Waals surface area contributed by atoms with Gasteiger partial charge in [-0.05, 0) is 36.1 Å². The van der Waals surface area contributed by atoms with Gasteiger partial charge in [-0.25, -0.2) is 4.98 Å². The van der Waals surface area contributed by atoms with Crippen LogP contribution in [0.25, 0.3) is 10.9 Å². The molecule has 3 aromatic rings. The third kappa shape index (κ3) is 2.64. The van der Waals surface area contributed by atoms with E-state index in [1.807, 2.05) is 18.2 Å². The Balaban J connectivity index is 1.75. The summed E-state index contributed by atoms with van der Waals surface area (Å²) in [6.45, 7) is 3.45. The number of nitrogens with zero attached hydrogens (tertiary/aromatic N) is 1. The van der Waals surface area contributed by atoms with Crippen molar-refractivity contribution in [3.8, 4) is 0 Å². The molecule has 0 saturated carbocycles. The average molecular weight is 285 g/mol. The van der Waals surface area contributed by atoms with Crippen LogP contribution in [0.1, 0.15) is 16.3 Å². The summed E-state index contributed by atoms with van der Waals surface area (Å²) in [6.07, 6.45) is 0.